The topological polar surface area (TPSA) is 101 Å². The van der Waals surface area contributed by atoms with Gasteiger partial charge in [-0.15, -0.1) is 11.8 Å². The van der Waals surface area contributed by atoms with E-state index in [4.69, 9.17) is 10.8 Å². The summed E-state index contributed by atoms with van der Waals surface area (Å²) >= 11 is 1.13. The summed E-state index contributed by atoms with van der Waals surface area (Å²) in [4.78, 5) is 34.6. The molecular weight excluding hydrogens is 232 g/mol. The van der Waals surface area contributed by atoms with Crippen molar-refractivity contribution >= 4 is 29.5 Å². The highest BCUT2D eigenvalue weighted by Gasteiger charge is 2.38. The van der Waals surface area contributed by atoms with Crippen molar-refractivity contribution in [1.82, 2.24) is 4.90 Å². The Bertz CT molecular complexity index is 321. The standard InChI is InChI=1S/C9H14N2O4S/c1-2-11-7(12)3-6(8(11)13)16-4-5(10)9(14)15/h5-6H,2-4,10H2,1H3,(H,14,15)/t5-,6+/m0/s1. The van der Waals surface area contributed by atoms with Gasteiger partial charge in [0.05, 0.1) is 5.25 Å². The van der Waals surface area contributed by atoms with Gasteiger partial charge in [0.25, 0.3) is 0 Å². The monoisotopic (exact) mass is 246 g/mol. The zero-order valence-electron chi connectivity index (χ0n) is 8.88. The lowest BCUT2D eigenvalue weighted by molar-refractivity contribution is -0.139. The van der Waals surface area contributed by atoms with Gasteiger partial charge in [-0.25, -0.2) is 0 Å². The zero-order valence-corrected chi connectivity index (χ0v) is 9.70. The van der Waals surface area contributed by atoms with E-state index >= 15 is 0 Å². The number of carbonyl (C=O) groups excluding carboxylic acids is 2. The second-order valence-corrected chi connectivity index (χ2v) is 4.68. The predicted octanol–water partition coefficient (Wildman–Crippen LogP) is -0.721. The van der Waals surface area contributed by atoms with Crippen molar-refractivity contribution in [3.05, 3.63) is 0 Å². The number of hydrogen-bond donors (Lipinski definition) is 2. The Morgan fingerprint density at radius 1 is 1.69 bits per heavy atom. The van der Waals surface area contributed by atoms with E-state index in [-0.39, 0.29) is 24.0 Å². The van der Waals surface area contributed by atoms with E-state index in [0.717, 1.165) is 11.8 Å². The third-order valence-corrected chi connectivity index (χ3v) is 3.64. The number of imide groups is 1. The molecule has 3 N–H and O–H groups in total. The molecular formula is C9H14N2O4S. The maximum Gasteiger partial charge on any atom is 0.321 e. The van der Waals surface area contributed by atoms with Crippen molar-refractivity contribution in [1.29, 1.82) is 0 Å². The third-order valence-electron chi connectivity index (χ3n) is 2.31. The van der Waals surface area contributed by atoms with Gasteiger partial charge in [0.1, 0.15) is 6.04 Å². The average molecular weight is 246 g/mol. The molecule has 0 saturated carbocycles. The number of likely N-dealkylation sites (tertiary alicyclic amines) is 1. The van der Waals surface area contributed by atoms with E-state index < -0.39 is 17.3 Å². The second-order valence-electron chi connectivity index (χ2n) is 3.45. The van der Waals surface area contributed by atoms with Gasteiger partial charge in [-0.1, -0.05) is 0 Å². The number of carboxylic acid groups (broad SMARTS) is 1. The van der Waals surface area contributed by atoms with Crippen LogP contribution in [0.25, 0.3) is 0 Å². The van der Waals surface area contributed by atoms with Crippen LogP contribution in [-0.4, -0.2) is 51.4 Å². The summed E-state index contributed by atoms with van der Waals surface area (Å²) in [6, 6.07) is -0.997. The molecule has 1 aliphatic rings. The SMILES string of the molecule is CCN1C(=O)C[C@@H](SC[C@H](N)C(=O)O)C1=O. The van der Waals surface area contributed by atoms with Gasteiger partial charge in [0.15, 0.2) is 0 Å². The summed E-state index contributed by atoms with van der Waals surface area (Å²) < 4.78 is 0. The smallest absolute Gasteiger partial charge is 0.321 e. The number of amides is 2. The van der Waals surface area contributed by atoms with E-state index in [1.165, 1.54) is 4.90 Å². The first-order chi connectivity index (χ1) is 7.47. The molecule has 0 unspecified atom stereocenters. The minimum absolute atomic E-state index is 0.135. The molecule has 0 bridgehead atoms. The van der Waals surface area contributed by atoms with Crippen LogP contribution in [0, 0.1) is 0 Å². The molecule has 0 aromatic rings. The Labute approximate surface area is 97.2 Å². The lowest BCUT2D eigenvalue weighted by Crippen LogP contribution is -2.34. The fourth-order valence-electron chi connectivity index (χ4n) is 1.41. The van der Waals surface area contributed by atoms with Crippen molar-refractivity contribution < 1.29 is 19.5 Å². The van der Waals surface area contributed by atoms with Crippen molar-refractivity contribution in [2.24, 2.45) is 5.73 Å². The molecule has 2 amide bonds. The van der Waals surface area contributed by atoms with Crippen molar-refractivity contribution in [2.75, 3.05) is 12.3 Å². The van der Waals surface area contributed by atoms with Crippen LogP contribution in [0.4, 0.5) is 0 Å². The predicted molar refractivity (Wildman–Crippen MR) is 58.9 cm³/mol. The molecule has 1 aliphatic heterocycles. The lowest BCUT2D eigenvalue weighted by atomic mass is 10.3. The van der Waals surface area contributed by atoms with Crippen LogP contribution in [0.3, 0.4) is 0 Å². The third kappa shape index (κ3) is 2.73. The highest BCUT2D eigenvalue weighted by Crippen LogP contribution is 2.25. The first-order valence-electron chi connectivity index (χ1n) is 4.91. The van der Waals surface area contributed by atoms with Crippen LogP contribution in [0.2, 0.25) is 0 Å². The molecule has 1 fully saturated rings. The van der Waals surface area contributed by atoms with Crippen molar-refractivity contribution in [3.8, 4) is 0 Å². The average Bonchev–Trinajstić information content (AvgIpc) is 2.50. The van der Waals surface area contributed by atoms with Crippen LogP contribution in [-0.2, 0) is 14.4 Å². The molecule has 1 saturated heterocycles. The maximum atomic E-state index is 11.6. The number of carboxylic acids is 1. The van der Waals surface area contributed by atoms with E-state index in [1.54, 1.807) is 6.92 Å². The van der Waals surface area contributed by atoms with Crippen LogP contribution in [0.1, 0.15) is 13.3 Å². The summed E-state index contributed by atoms with van der Waals surface area (Å²) in [5, 5.41) is 8.10. The summed E-state index contributed by atoms with van der Waals surface area (Å²) in [7, 11) is 0. The summed E-state index contributed by atoms with van der Waals surface area (Å²) in [6.07, 6.45) is 0.143. The van der Waals surface area contributed by atoms with Crippen molar-refractivity contribution in [2.45, 2.75) is 24.6 Å². The molecule has 0 aliphatic carbocycles. The van der Waals surface area contributed by atoms with Gasteiger partial charge in [0.2, 0.25) is 11.8 Å². The molecule has 0 aromatic heterocycles. The second kappa shape index (κ2) is 5.31. The number of rotatable bonds is 5. The minimum atomic E-state index is -1.10. The minimum Gasteiger partial charge on any atom is -0.480 e. The molecule has 1 heterocycles. The van der Waals surface area contributed by atoms with Crippen LogP contribution in [0.15, 0.2) is 0 Å². The molecule has 0 aromatic carbocycles. The molecule has 16 heavy (non-hydrogen) atoms. The fraction of sp³-hybridized carbons (Fsp3) is 0.667. The maximum absolute atomic E-state index is 11.6. The van der Waals surface area contributed by atoms with Gasteiger partial charge in [0, 0.05) is 18.7 Å². The highest BCUT2D eigenvalue weighted by molar-refractivity contribution is 8.00. The summed E-state index contributed by atoms with van der Waals surface area (Å²) in [6.45, 7) is 2.09. The number of nitrogens with zero attached hydrogens (tertiary/aromatic N) is 1. The Hall–Kier alpha value is -1.08. The zero-order chi connectivity index (χ0) is 12.3. The number of nitrogens with two attached hydrogens (primary N) is 1. The molecule has 1 rings (SSSR count). The van der Waals surface area contributed by atoms with E-state index in [9.17, 15) is 14.4 Å². The van der Waals surface area contributed by atoms with Crippen LogP contribution in [0.5, 0.6) is 0 Å². The van der Waals surface area contributed by atoms with Gasteiger partial charge >= 0.3 is 5.97 Å². The molecule has 2 atom stereocenters. The Kier molecular flexibility index (Phi) is 4.31. The number of carbonyl (C=O) groups is 3. The van der Waals surface area contributed by atoms with Crippen molar-refractivity contribution in [3.63, 3.8) is 0 Å². The summed E-state index contributed by atoms with van der Waals surface area (Å²) in [5.41, 5.74) is 5.31. The lowest BCUT2D eigenvalue weighted by Gasteiger charge is -2.12. The molecule has 0 spiro atoms. The fourth-order valence-corrected chi connectivity index (χ4v) is 2.52. The normalized spacial score (nSPS) is 22.6. The van der Waals surface area contributed by atoms with E-state index in [2.05, 4.69) is 0 Å². The van der Waals surface area contributed by atoms with E-state index in [1.807, 2.05) is 0 Å². The number of thioether (sulfide) groups is 1. The quantitative estimate of drug-likeness (QED) is 0.621. The molecule has 0 radical (unpaired) electrons. The summed E-state index contributed by atoms with van der Waals surface area (Å²) in [5.74, 6) is -1.41. The Morgan fingerprint density at radius 3 is 2.75 bits per heavy atom. The molecule has 90 valence electrons. The Morgan fingerprint density at radius 2 is 2.31 bits per heavy atom. The van der Waals surface area contributed by atoms with Gasteiger partial charge in [-0.05, 0) is 6.92 Å². The molecule has 6 nitrogen and oxygen atoms in total. The van der Waals surface area contributed by atoms with Crippen LogP contribution < -0.4 is 5.73 Å². The van der Waals surface area contributed by atoms with Crippen LogP contribution >= 0.6 is 11.8 Å². The number of aliphatic carboxylic acids is 1. The highest BCUT2D eigenvalue weighted by atomic mass is 32.2. The largest absolute Gasteiger partial charge is 0.480 e. The molecule has 7 heteroatoms. The van der Waals surface area contributed by atoms with E-state index in [0.29, 0.717) is 6.54 Å². The van der Waals surface area contributed by atoms with Gasteiger partial charge < -0.3 is 10.8 Å². The first-order valence-corrected chi connectivity index (χ1v) is 5.96. The number of hydrogen-bond acceptors (Lipinski definition) is 5. The Balaban J connectivity index is 2.48. The first kappa shape index (κ1) is 13.0. The van der Waals surface area contributed by atoms with Gasteiger partial charge in [-0.2, -0.15) is 0 Å². The van der Waals surface area contributed by atoms with Gasteiger partial charge in [-0.3, -0.25) is 19.3 Å².